The van der Waals surface area contributed by atoms with Gasteiger partial charge in [0.1, 0.15) is 0 Å². The van der Waals surface area contributed by atoms with E-state index in [-0.39, 0.29) is 17.8 Å². The summed E-state index contributed by atoms with van der Waals surface area (Å²) >= 11 is 0. The van der Waals surface area contributed by atoms with Crippen LogP contribution in [0.5, 0.6) is 0 Å². The summed E-state index contributed by atoms with van der Waals surface area (Å²) < 4.78 is 25.5. The number of nitrogens with two attached hydrogens (primary N) is 1. The lowest BCUT2D eigenvalue weighted by molar-refractivity contribution is -0.118. The predicted octanol–water partition coefficient (Wildman–Crippen LogP) is -1.37. The minimum atomic E-state index is -3.31. The first-order chi connectivity index (χ1) is 7.51. The summed E-state index contributed by atoms with van der Waals surface area (Å²) in [5.41, 5.74) is 5.11. The van der Waals surface area contributed by atoms with E-state index in [0.717, 1.165) is 13.0 Å². The molecule has 1 aliphatic heterocycles. The molecule has 0 aromatic carbocycles. The van der Waals surface area contributed by atoms with Crippen LogP contribution in [0.4, 0.5) is 0 Å². The maximum atomic E-state index is 12.1. The molecule has 1 saturated carbocycles. The third-order valence-corrected chi connectivity index (χ3v) is 5.42. The van der Waals surface area contributed by atoms with Gasteiger partial charge < -0.3 is 11.1 Å². The maximum absolute atomic E-state index is 12.1. The lowest BCUT2D eigenvalue weighted by Crippen LogP contribution is -2.47. The van der Waals surface area contributed by atoms with Crippen LogP contribution in [0.3, 0.4) is 0 Å². The van der Waals surface area contributed by atoms with E-state index in [2.05, 4.69) is 5.32 Å². The minimum absolute atomic E-state index is 0.113. The van der Waals surface area contributed by atoms with E-state index in [9.17, 15) is 13.2 Å². The van der Waals surface area contributed by atoms with Crippen molar-refractivity contribution in [3.8, 4) is 0 Å². The molecule has 2 fully saturated rings. The average molecular weight is 247 g/mol. The SMILES string of the molecule is NC(=O)CN(C1CCNC1)S(=O)(=O)C1CC1. The molecule has 1 unspecified atom stereocenters. The summed E-state index contributed by atoms with van der Waals surface area (Å²) in [7, 11) is -3.31. The Morgan fingerprint density at radius 1 is 1.38 bits per heavy atom. The summed E-state index contributed by atoms with van der Waals surface area (Å²) in [6, 6.07) is -0.113. The number of primary amides is 1. The van der Waals surface area contributed by atoms with Crippen molar-refractivity contribution in [3.05, 3.63) is 0 Å². The highest BCUT2D eigenvalue weighted by atomic mass is 32.2. The number of nitrogens with one attached hydrogen (secondary N) is 1. The Morgan fingerprint density at radius 2 is 2.06 bits per heavy atom. The highest BCUT2D eigenvalue weighted by Crippen LogP contribution is 2.32. The fourth-order valence-corrected chi connectivity index (χ4v) is 4.04. The minimum Gasteiger partial charge on any atom is -0.369 e. The Hall–Kier alpha value is -0.660. The van der Waals surface area contributed by atoms with E-state index in [4.69, 9.17) is 5.73 Å². The van der Waals surface area contributed by atoms with Crippen molar-refractivity contribution < 1.29 is 13.2 Å². The number of hydrogen-bond donors (Lipinski definition) is 2. The molecule has 1 heterocycles. The fourth-order valence-electron chi connectivity index (χ4n) is 2.02. The van der Waals surface area contributed by atoms with Crippen LogP contribution in [0.1, 0.15) is 19.3 Å². The van der Waals surface area contributed by atoms with Crippen LogP contribution in [-0.2, 0) is 14.8 Å². The average Bonchev–Trinajstić information content (AvgIpc) is 2.93. The molecule has 0 aromatic rings. The number of sulfonamides is 1. The van der Waals surface area contributed by atoms with Gasteiger partial charge in [0.05, 0.1) is 11.8 Å². The molecule has 2 aliphatic rings. The summed E-state index contributed by atoms with van der Waals surface area (Å²) in [4.78, 5) is 11.0. The van der Waals surface area contributed by atoms with Gasteiger partial charge in [-0.2, -0.15) is 4.31 Å². The molecule has 0 aromatic heterocycles. The van der Waals surface area contributed by atoms with Crippen LogP contribution in [0.2, 0.25) is 0 Å². The maximum Gasteiger partial charge on any atom is 0.232 e. The molecule has 16 heavy (non-hydrogen) atoms. The van der Waals surface area contributed by atoms with Gasteiger partial charge in [-0.1, -0.05) is 0 Å². The third-order valence-electron chi connectivity index (χ3n) is 3.03. The molecule has 1 aliphatic carbocycles. The van der Waals surface area contributed by atoms with Crippen molar-refractivity contribution in [2.24, 2.45) is 5.73 Å². The van der Waals surface area contributed by atoms with Crippen molar-refractivity contribution in [2.45, 2.75) is 30.6 Å². The summed E-state index contributed by atoms with van der Waals surface area (Å²) in [5.74, 6) is -0.587. The molecule has 1 atom stereocenters. The summed E-state index contributed by atoms with van der Waals surface area (Å²) in [5, 5.41) is 2.81. The van der Waals surface area contributed by atoms with E-state index in [1.54, 1.807) is 0 Å². The van der Waals surface area contributed by atoms with Crippen LogP contribution in [0, 0.1) is 0 Å². The lowest BCUT2D eigenvalue weighted by Gasteiger charge is -2.26. The van der Waals surface area contributed by atoms with E-state index >= 15 is 0 Å². The van der Waals surface area contributed by atoms with Gasteiger partial charge in [-0.15, -0.1) is 0 Å². The number of amides is 1. The topological polar surface area (TPSA) is 92.5 Å². The van der Waals surface area contributed by atoms with Gasteiger partial charge >= 0.3 is 0 Å². The van der Waals surface area contributed by atoms with Gasteiger partial charge in [-0.25, -0.2) is 8.42 Å². The Labute approximate surface area is 95.2 Å². The van der Waals surface area contributed by atoms with Gasteiger partial charge in [0.25, 0.3) is 0 Å². The van der Waals surface area contributed by atoms with Crippen molar-refractivity contribution in [1.82, 2.24) is 9.62 Å². The molecule has 0 radical (unpaired) electrons. The highest BCUT2D eigenvalue weighted by Gasteiger charge is 2.43. The van der Waals surface area contributed by atoms with Crippen LogP contribution in [0.15, 0.2) is 0 Å². The predicted molar refractivity (Wildman–Crippen MR) is 59.1 cm³/mol. The van der Waals surface area contributed by atoms with Crippen molar-refractivity contribution >= 4 is 15.9 Å². The van der Waals surface area contributed by atoms with E-state index in [0.29, 0.717) is 19.4 Å². The third kappa shape index (κ3) is 2.36. The molecule has 92 valence electrons. The quantitative estimate of drug-likeness (QED) is 0.627. The monoisotopic (exact) mass is 247 g/mol. The first-order valence-electron chi connectivity index (χ1n) is 5.51. The smallest absolute Gasteiger partial charge is 0.232 e. The Bertz CT molecular complexity index is 371. The van der Waals surface area contributed by atoms with E-state index in [1.165, 1.54) is 4.31 Å². The van der Waals surface area contributed by atoms with Gasteiger partial charge in [-0.3, -0.25) is 4.79 Å². The lowest BCUT2D eigenvalue weighted by atomic mass is 10.2. The molecule has 3 N–H and O–H groups in total. The number of nitrogens with zero attached hydrogens (tertiary/aromatic N) is 1. The normalized spacial score (nSPS) is 26.2. The molecule has 0 spiro atoms. The van der Waals surface area contributed by atoms with Crippen molar-refractivity contribution in [1.29, 1.82) is 0 Å². The fraction of sp³-hybridized carbons (Fsp3) is 0.889. The molecule has 1 saturated heterocycles. The first-order valence-corrected chi connectivity index (χ1v) is 7.02. The van der Waals surface area contributed by atoms with Crippen LogP contribution in [0.25, 0.3) is 0 Å². The Balaban J connectivity index is 2.15. The van der Waals surface area contributed by atoms with Crippen LogP contribution in [-0.4, -0.2) is 49.6 Å². The second-order valence-corrected chi connectivity index (χ2v) is 6.57. The molecule has 2 rings (SSSR count). The van der Waals surface area contributed by atoms with Gasteiger partial charge in [-0.05, 0) is 25.8 Å². The van der Waals surface area contributed by atoms with Crippen LogP contribution < -0.4 is 11.1 Å². The zero-order valence-corrected chi connectivity index (χ0v) is 9.87. The van der Waals surface area contributed by atoms with Gasteiger partial charge in [0, 0.05) is 12.6 Å². The molecule has 7 heteroatoms. The number of carbonyl (C=O) groups excluding carboxylic acids is 1. The number of rotatable bonds is 5. The standard InChI is InChI=1S/C9H17N3O3S/c10-9(13)6-12(7-3-4-11-5-7)16(14,15)8-1-2-8/h7-8,11H,1-6H2,(H2,10,13). The van der Waals surface area contributed by atoms with E-state index < -0.39 is 15.9 Å². The Morgan fingerprint density at radius 3 is 2.50 bits per heavy atom. The van der Waals surface area contributed by atoms with Crippen molar-refractivity contribution in [2.75, 3.05) is 19.6 Å². The second kappa shape index (κ2) is 4.31. The van der Waals surface area contributed by atoms with Crippen LogP contribution >= 0.6 is 0 Å². The Kier molecular flexibility index (Phi) is 3.18. The number of hydrogen-bond acceptors (Lipinski definition) is 4. The molecule has 1 amide bonds. The zero-order valence-electron chi connectivity index (χ0n) is 9.05. The molecule has 0 bridgehead atoms. The zero-order chi connectivity index (χ0) is 11.8. The molecular weight excluding hydrogens is 230 g/mol. The number of carbonyl (C=O) groups is 1. The second-order valence-electron chi connectivity index (χ2n) is 4.40. The largest absolute Gasteiger partial charge is 0.369 e. The van der Waals surface area contributed by atoms with Gasteiger partial charge in [0.15, 0.2) is 0 Å². The highest BCUT2D eigenvalue weighted by molar-refractivity contribution is 7.90. The molecule has 6 nitrogen and oxygen atoms in total. The van der Waals surface area contributed by atoms with Gasteiger partial charge in [0.2, 0.25) is 15.9 Å². The first kappa shape index (κ1) is 11.8. The van der Waals surface area contributed by atoms with Crippen molar-refractivity contribution in [3.63, 3.8) is 0 Å². The van der Waals surface area contributed by atoms with E-state index in [1.807, 2.05) is 0 Å². The summed E-state index contributed by atoms with van der Waals surface area (Å²) in [6.45, 7) is 1.21. The summed E-state index contributed by atoms with van der Waals surface area (Å²) in [6.07, 6.45) is 2.16. The molecular formula is C9H17N3O3S.